The Hall–Kier alpha value is -2.18. The molecule has 4 rings (SSSR count). The van der Waals surface area contributed by atoms with Crippen LogP contribution in [0.1, 0.15) is 24.0 Å². The maximum Gasteiger partial charge on any atom is 0.223 e. The molecule has 1 amide bonds. The van der Waals surface area contributed by atoms with Crippen molar-refractivity contribution in [1.82, 2.24) is 9.62 Å². The number of hydrogen-bond donors (Lipinski definition) is 1. The minimum Gasteiger partial charge on any atom is -0.338 e. The molecular weight excluding hydrogens is 360 g/mol. The summed E-state index contributed by atoms with van der Waals surface area (Å²) in [7, 11) is -3.31. The zero-order chi connectivity index (χ0) is 19.0. The Morgan fingerprint density at radius 1 is 1.04 bits per heavy atom. The second-order valence-electron chi connectivity index (χ2n) is 7.45. The largest absolute Gasteiger partial charge is 0.338 e. The first-order valence-electron chi connectivity index (χ1n) is 9.35. The standard InChI is InChI=1S/C21H24N2O3S/c1-27(25,26)22-19-12-13-23-20(19)14-16-8-5-9-17(15-6-3-2-4-7-15)18(16)10-11-21(23)24/h2-9,19-20,22H,10-14H2,1H3. The molecule has 2 aliphatic rings. The number of rotatable bonds is 3. The van der Waals surface area contributed by atoms with Gasteiger partial charge in [-0.2, -0.15) is 0 Å². The molecule has 2 aliphatic heterocycles. The maximum atomic E-state index is 12.8. The Balaban J connectivity index is 1.74. The molecule has 0 bridgehead atoms. The van der Waals surface area contributed by atoms with Gasteiger partial charge in [0.15, 0.2) is 0 Å². The van der Waals surface area contributed by atoms with E-state index in [-0.39, 0.29) is 18.0 Å². The Morgan fingerprint density at radius 3 is 2.56 bits per heavy atom. The Kier molecular flexibility index (Phi) is 4.78. The zero-order valence-corrected chi connectivity index (χ0v) is 16.2. The molecule has 142 valence electrons. The fraction of sp³-hybridized carbons (Fsp3) is 0.381. The monoisotopic (exact) mass is 384 g/mol. The van der Waals surface area contributed by atoms with E-state index in [9.17, 15) is 13.2 Å². The van der Waals surface area contributed by atoms with Crippen molar-refractivity contribution in [2.75, 3.05) is 12.8 Å². The average molecular weight is 385 g/mol. The van der Waals surface area contributed by atoms with E-state index in [1.807, 2.05) is 23.1 Å². The van der Waals surface area contributed by atoms with Crippen molar-refractivity contribution < 1.29 is 13.2 Å². The fourth-order valence-electron chi connectivity index (χ4n) is 4.44. The first-order valence-corrected chi connectivity index (χ1v) is 11.2. The van der Waals surface area contributed by atoms with Crippen LogP contribution in [0.15, 0.2) is 48.5 Å². The van der Waals surface area contributed by atoms with E-state index in [4.69, 9.17) is 0 Å². The highest BCUT2D eigenvalue weighted by molar-refractivity contribution is 7.88. The molecule has 0 radical (unpaired) electrons. The first kappa shape index (κ1) is 18.2. The van der Waals surface area contributed by atoms with E-state index < -0.39 is 10.0 Å². The van der Waals surface area contributed by atoms with Gasteiger partial charge in [0.05, 0.1) is 12.3 Å². The molecule has 0 aliphatic carbocycles. The number of carbonyl (C=O) groups is 1. The lowest BCUT2D eigenvalue weighted by Gasteiger charge is -2.32. The van der Waals surface area contributed by atoms with Gasteiger partial charge in [-0.1, -0.05) is 48.5 Å². The summed E-state index contributed by atoms with van der Waals surface area (Å²) < 4.78 is 26.3. The summed E-state index contributed by atoms with van der Waals surface area (Å²) in [6.07, 6.45) is 3.69. The average Bonchev–Trinajstić information content (AvgIpc) is 3.00. The lowest BCUT2D eigenvalue weighted by atomic mass is 9.87. The Bertz CT molecular complexity index is 957. The second-order valence-corrected chi connectivity index (χ2v) is 9.23. The highest BCUT2D eigenvalue weighted by Crippen LogP contribution is 2.33. The van der Waals surface area contributed by atoms with Gasteiger partial charge in [0, 0.05) is 19.0 Å². The molecule has 1 saturated heterocycles. The van der Waals surface area contributed by atoms with E-state index in [1.165, 1.54) is 22.9 Å². The highest BCUT2D eigenvalue weighted by atomic mass is 32.2. The minimum absolute atomic E-state index is 0.117. The van der Waals surface area contributed by atoms with Gasteiger partial charge >= 0.3 is 0 Å². The number of sulfonamides is 1. The van der Waals surface area contributed by atoms with Crippen molar-refractivity contribution in [2.45, 2.75) is 37.8 Å². The molecule has 0 spiro atoms. The number of benzene rings is 2. The van der Waals surface area contributed by atoms with E-state index in [0.717, 1.165) is 5.56 Å². The van der Waals surface area contributed by atoms with Crippen LogP contribution >= 0.6 is 0 Å². The lowest BCUT2D eigenvalue weighted by molar-refractivity contribution is -0.132. The molecule has 2 unspecified atom stereocenters. The summed E-state index contributed by atoms with van der Waals surface area (Å²) >= 11 is 0. The molecule has 5 nitrogen and oxygen atoms in total. The van der Waals surface area contributed by atoms with Gasteiger partial charge < -0.3 is 4.90 Å². The minimum atomic E-state index is -3.31. The predicted octanol–water partition coefficient (Wildman–Crippen LogP) is 2.36. The van der Waals surface area contributed by atoms with E-state index in [0.29, 0.717) is 32.2 Å². The van der Waals surface area contributed by atoms with E-state index in [1.54, 1.807) is 0 Å². The maximum absolute atomic E-state index is 12.8. The number of hydrogen-bond acceptors (Lipinski definition) is 3. The van der Waals surface area contributed by atoms with Gasteiger partial charge in [0.2, 0.25) is 15.9 Å². The van der Waals surface area contributed by atoms with Crippen LogP contribution in [0, 0.1) is 0 Å². The Labute approximate surface area is 160 Å². The molecule has 2 atom stereocenters. The van der Waals surface area contributed by atoms with Crippen LogP contribution < -0.4 is 4.72 Å². The van der Waals surface area contributed by atoms with Crippen LogP contribution in [0.4, 0.5) is 0 Å². The van der Waals surface area contributed by atoms with Crippen molar-refractivity contribution in [3.05, 3.63) is 59.7 Å². The molecule has 2 aromatic carbocycles. The van der Waals surface area contributed by atoms with Crippen LogP contribution in [0.2, 0.25) is 0 Å². The summed E-state index contributed by atoms with van der Waals surface area (Å²) in [5.74, 6) is 0.117. The normalized spacial score (nSPS) is 22.7. The smallest absolute Gasteiger partial charge is 0.223 e. The molecule has 2 heterocycles. The number of amides is 1. The molecular formula is C21H24N2O3S. The molecule has 6 heteroatoms. The van der Waals surface area contributed by atoms with Crippen molar-refractivity contribution in [1.29, 1.82) is 0 Å². The molecule has 0 saturated carbocycles. The SMILES string of the molecule is CS(=O)(=O)NC1CCN2C(=O)CCc3c(cccc3-c3ccccc3)CC12. The first-order chi connectivity index (χ1) is 12.9. The predicted molar refractivity (Wildman–Crippen MR) is 106 cm³/mol. The van der Waals surface area contributed by atoms with E-state index in [2.05, 4.69) is 35.1 Å². The van der Waals surface area contributed by atoms with Gasteiger partial charge in [0.25, 0.3) is 0 Å². The van der Waals surface area contributed by atoms with Crippen LogP contribution in [-0.2, 0) is 27.7 Å². The third kappa shape index (κ3) is 3.77. The van der Waals surface area contributed by atoms with E-state index >= 15 is 0 Å². The zero-order valence-electron chi connectivity index (χ0n) is 15.4. The molecule has 1 fully saturated rings. The van der Waals surface area contributed by atoms with Crippen LogP contribution in [0.3, 0.4) is 0 Å². The lowest BCUT2D eigenvalue weighted by Crippen LogP contribution is -2.48. The summed E-state index contributed by atoms with van der Waals surface area (Å²) in [5, 5.41) is 0. The number of nitrogens with zero attached hydrogens (tertiary/aromatic N) is 1. The summed E-state index contributed by atoms with van der Waals surface area (Å²) in [4.78, 5) is 14.6. The van der Waals surface area contributed by atoms with Crippen LogP contribution in [0.5, 0.6) is 0 Å². The number of nitrogens with one attached hydrogen (secondary N) is 1. The topological polar surface area (TPSA) is 66.5 Å². The number of carbonyl (C=O) groups excluding carboxylic acids is 1. The fourth-order valence-corrected chi connectivity index (χ4v) is 5.26. The van der Waals surface area contributed by atoms with Gasteiger partial charge in [-0.3, -0.25) is 4.79 Å². The van der Waals surface area contributed by atoms with Crippen molar-refractivity contribution in [3.8, 4) is 11.1 Å². The third-order valence-electron chi connectivity index (χ3n) is 5.61. The molecule has 0 aromatic heterocycles. The van der Waals surface area contributed by atoms with Crippen molar-refractivity contribution in [3.63, 3.8) is 0 Å². The number of fused-ring (bicyclic) bond motifs is 2. The van der Waals surface area contributed by atoms with Gasteiger partial charge in [-0.05, 0) is 41.5 Å². The van der Waals surface area contributed by atoms with Crippen LogP contribution in [0.25, 0.3) is 11.1 Å². The third-order valence-corrected chi connectivity index (χ3v) is 6.34. The second kappa shape index (κ2) is 7.09. The van der Waals surface area contributed by atoms with Crippen molar-refractivity contribution >= 4 is 15.9 Å². The molecule has 1 N–H and O–H groups in total. The quantitative estimate of drug-likeness (QED) is 0.883. The van der Waals surface area contributed by atoms with Crippen molar-refractivity contribution in [2.24, 2.45) is 0 Å². The molecule has 2 aromatic rings. The Morgan fingerprint density at radius 2 is 1.81 bits per heavy atom. The highest BCUT2D eigenvalue weighted by Gasteiger charge is 2.39. The molecule has 27 heavy (non-hydrogen) atoms. The van der Waals surface area contributed by atoms with Gasteiger partial charge in [0.1, 0.15) is 0 Å². The summed E-state index contributed by atoms with van der Waals surface area (Å²) in [5.41, 5.74) is 4.74. The summed E-state index contributed by atoms with van der Waals surface area (Å²) in [6.45, 7) is 0.615. The van der Waals surface area contributed by atoms with Gasteiger partial charge in [-0.25, -0.2) is 13.1 Å². The van der Waals surface area contributed by atoms with Gasteiger partial charge in [-0.15, -0.1) is 0 Å². The summed E-state index contributed by atoms with van der Waals surface area (Å²) in [6, 6.07) is 16.2. The van der Waals surface area contributed by atoms with Crippen LogP contribution in [-0.4, -0.2) is 44.1 Å².